The molecule has 19 heavy (non-hydrogen) atoms. The monoisotopic (exact) mass is 270 g/mol. The number of hydrogen-bond acceptors (Lipinski definition) is 3. The second kappa shape index (κ2) is 5.31. The number of carboxylic acids is 1. The van der Waals surface area contributed by atoms with Gasteiger partial charge in [-0.3, -0.25) is 4.79 Å². The Bertz CT molecular complexity index is 530. The molecule has 3 N–H and O–H groups in total. The van der Waals surface area contributed by atoms with Crippen LogP contribution in [0.1, 0.15) is 23.2 Å². The highest BCUT2D eigenvalue weighted by atomic mass is 19.2. The van der Waals surface area contributed by atoms with Gasteiger partial charge in [0.15, 0.2) is 11.6 Å². The molecule has 1 saturated carbocycles. The van der Waals surface area contributed by atoms with Crippen LogP contribution in [0.15, 0.2) is 12.1 Å². The smallest absolute Gasteiger partial charge is 0.337 e. The van der Waals surface area contributed by atoms with Crippen molar-refractivity contribution in [3.05, 3.63) is 29.3 Å². The molecule has 2 rings (SSSR count). The molecule has 7 heteroatoms. The number of aromatic carboxylic acids is 1. The summed E-state index contributed by atoms with van der Waals surface area (Å²) < 4.78 is 26.0. The van der Waals surface area contributed by atoms with Crippen molar-refractivity contribution in [2.45, 2.75) is 18.9 Å². The van der Waals surface area contributed by atoms with Gasteiger partial charge >= 0.3 is 5.97 Å². The first-order valence-corrected chi connectivity index (χ1v) is 5.73. The lowest BCUT2D eigenvalue weighted by molar-refractivity contribution is -0.115. The summed E-state index contributed by atoms with van der Waals surface area (Å²) in [5.41, 5.74) is -0.743. The number of carbonyl (C=O) groups excluding carboxylic acids is 1. The molecule has 0 bridgehead atoms. The van der Waals surface area contributed by atoms with Crippen LogP contribution in [0, 0.1) is 11.6 Å². The third-order valence-electron chi connectivity index (χ3n) is 2.69. The lowest BCUT2D eigenvalue weighted by atomic mass is 10.1. The molecule has 0 aromatic heterocycles. The maximum Gasteiger partial charge on any atom is 0.337 e. The Morgan fingerprint density at radius 1 is 1.26 bits per heavy atom. The summed E-state index contributed by atoms with van der Waals surface area (Å²) in [6.45, 7) is 0.00270. The number of nitrogens with one attached hydrogen (secondary N) is 2. The SMILES string of the molecule is O=C(CNC1CC1)Nc1cc(F)c(F)cc1C(=O)O. The lowest BCUT2D eigenvalue weighted by Crippen LogP contribution is -2.30. The number of halogens is 2. The average molecular weight is 270 g/mol. The summed E-state index contributed by atoms with van der Waals surface area (Å²) in [5.74, 6) is -4.42. The molecule has 1 aliphatic carbocycles. The number of anilines is 1. The third kappa shape index (κ3) is 3.47. The molecule has 1 aromatic carbocycles. The second-order valence-electron chi connectivity index (χ2n) is 4.32. The van der Waals surface area contributed by atoms with Crippen molar-refractivity contribution in [3.8, 4) is 0 Å². The van der Waals surface area contributed by atoms with E-state index in [1.165, 1.54) is 0 Å². The fourth-order valence-corrected chi connectivity index (χ4v) is 1.55. The van der Waals surface area contributed by atoms with E-state index in [4.69, 9.17) is 5.11 Å². The summed E-state index contributed by atoms with van der Waals surface area (Å²) in [4.78, 5) is 22.4. The van der Waals surface area contributed by atoms with Crippen molar-refractivity contribution in [2.75, 3.05) is 11.9 Å². The number of carbonyl (C=O) groups is 2. The van der Waals surface area contributed by atoms with E-state index in [2.05, 4.69) is 10.6 Å². The maximum atomic E-state index is 13.1. The molecular formula is C12H12F2N2O3. The first kappa shape index (κ1) is 13.4. The molecule has 0 heterocycles. The summed E-state index contributed by atoms with van der Waals surface area (Å²) in [5, 5.41) is 14.0. The van der Waals surface area contributed by atoms with Gasteiger partial charge in [0, 0.05) is 12.1 Å². The molecule has 0 saturated heterocycles. The minimum atomic E-state index is -1.44. The van der Waals surface area contributed by atoms with E-state index in [0.717, 1.165) is 12.8 Å². The largest absolute Gasteiger partial charge is 0.478 e. The van der Waals surface area contributed by atoms with Crippen LogP contribution in [0.4, 0.5) is 14.5 Å². The number of amides is 1. The predicted molar refractivity (Wildman–Crippen MR) is 63.0 cm³/mol. The molecular weight excluding hydrogens is 258 g/mol. The van der Waals surface area contributed by atoms with Crippen LogP contribution in [-0.4, -0.2) is 29.6 Å². The van der Waals surface area contributed by atoms with Crippen molar-refractivity contribution in [1.82, 2.24) is 5.32 Å². The number of carboxylic acid groups (broad SMARTS) is 1. The van der Waals surface area contributed by atoms with Gasteiger partial charge in [0.05, 0.1) is 17.8 Å². The van der Waals surface area contributed by atoms with Crippen LogP contribution < -0.4 is 10.6 Å². The molecule has 1 aliphatic rings. The Kier molecular flexibility index (Phi) is 3.75. The lowest BCUT2D eigenvalue weighted by Gasteiger charge is -2.09. The summed E-state index contributed by atoms with van der Waals surface area (Å²) in [7, 11) is 0. The van der Waals surface area contributed by atoms with Crippen LogP contribution in [0.5, 0.6) is 0 Å². The van der Waals surface area contributed by atoms with Gasteiger partial charge < -0.3 is 15.7 Å². The standard InChI is InChI=1S/C12H12F2N2O3/c13-8-3-7(12(18)19)10(4-9(8)14)16-11(17)5-15-6-1-2-6/h3-4,6,15H,1-2,5H2,(H,16,17)(H,18,19). The van der Waals surface area contributed by atoms with Crippen molar-refractivity contribution < 1.29 is 23.5 Å². The molecule has 102 valence electrons. The minimum absolute atomic E-state index is 0.00270. The molecule has 0 radical (unpaired) electrons. The zero-order valence-electron chi connectivity index (χ0n) is 9.87. The fraction of sp³-hybridized carbons (Fsp3) is 0.333. The van der Waals surface area contributed by atoms with Gasteiger partial charge in [-0.2, -0.15) is 0 Å². The summed E-state index contributed by atoms with van der Waals surface area (Å²) in [6.07, 6.45) is 2.00. The van der Waals surface area contributed by atoms with E-state index in [1.54, 1.807) is 0 Å². The van der Waals surface area contributed by atoms with Crippen molar-refractivity contribution >= 4 is 17.6 Å². The molecule has 0 spiro atoms. The van der Waals surface area contributed by atoms with Crippen LogP contribution in [0.3, 0.4) is 0 Å². The molecule has 0 unspecified atom stereocenters. The van der Waals surface area contributed by atoms with Gasteiger partial charge in [-0.05, 0) is 18.9 Å². The van der Waals surface area contributed by atoms with E-state index in [0.29, 0.717) is 18.2 Å². The Morgan fingerprint density at radius 2 is 1.89 bits per heavy atom. The van der Waals surface area contributed by atoms with E-state index in [-0.39, 0.29) is 12.2 Å². The van der Waals surface area contributed by atoms with Crippen molar-refractivity contribution in [3.63, 3.8) is 0 Å². The highest BCUT2D eigenvalue weighted by Crippen LogP contribution is 2.21. The van der Waals surface area contributed by atoms with Gasteiger partial charge in [-0.1, -0.05) is 0 Å². The van der Waals surface area contributed by atoms with Crippen molar-refractivity contribution in [1.29, 1.82) is 0 Å². The van der Waals surface area contributed by atoms with E-state index in [9.17, 15) is 18.4 Å². The van der Waals surface area contributed by atoms with Crippen LogP contribution in [-0.2, 0) is 4.79 Å². The van der Waals surface area contributed by atoms with Crippen LogP contribution in [0.25, 0.3) is 0 Å². The first-order valence-electron chi connectivity index (χ1n) is 5.73. The molecule has 1 amide bonds. The number of benzene rings is 1. The average Bonchev–Trinajstić information content (AvgIpc) is 3.14. The Labute approximate surface area is 107 Å². The zero-order chi connectivity index (χ0) is 14.0. The predicted octanol–water partition coefficient (Wildman–Crippen LogP) is 1.35. The fourth-order valence-electron chi connectivity index (χ4n) is 1.55. The highest BCUT2D eigenvalue weighted by molar-refractivity contribution is 6.01. The van der Waals surface area contributed by atoms with E-state index < -0.39 is 29.1 Å². The van der Waals surface area contributed by atoms with Gasteiger partial charge in [-0.25, -0.2) is 13.6 Å². The number of rotatable bonds is 5. The van der Waals surface area contributed by atoms with Crippen molar-refractivity contribution in [2.24, 2.45) is 0 Å². The van der Waals surface area contributed by atoms with E-state index >= 15 is 0 Å². The molecule has 0 aliphatic heterocycles. The first-order chi connectivity index (χ1) is 8.97. The number of hydrogen-bond donors (Lipinski definition) is 3. The van der Waals surface area contributed by atoms with Gasteiger partial charge in [-0.15, -0.1) is 0 Å². The Morgan fingerprint density at radius 3 is 2.47 bits per heavy atom. The topological polar surface area (TPSA) is 78.4 Å². The van der Waals surface area contributed by atoms with E-state index in [1.807, 2.05) is 0 Å². The Hall–Kier alpha value is -2.02. The minimum Gasteiger partial charge on any atom is -0.478 e. The third-order valence-corrected chi connectivity index (χ3v) is 2.69. The molecule has 1 fully saturated rings. The molecule has 1 aromatic rings. The summed E-state index contributed by atoms with van der Waals surface area (Å²) >= 11 is 0. The Balaban J connectivity index is 2.10. The van der Waals surface area contributed by atoms with Gasteiger partial charge in [0.2, 0.25) is 5.91 Å². The highest BCUT2D eigenvalue weighted by Gasteiger charge is 2.22. The van der Waals surface area contributed by atoms with Gasteiger partial charge in [0.25, 0.3) is 0 Å². The normalized spacial score (nSPS) is 14.2. The summed E-state index contributed by atoms with van der Waals surface area (Å²) in [6, 6.07) is 1.52. The second-order valence-corrected chi connectivity index (χ2v) is 4.32. The quantitative estimate of drug-likeness (QED) is 0.754. The van der Waals surface area contributed by atoms with Crippen LogP contribution in [0.2, 0.25) is 0 Å². The molecule has 5 nitrogen and oxygen atoms in total. The zero-order valence-corrected chi connectivity index (χ0v) is 9.87. The van der Waals surface area contributed by atoms with Gasteiger partial charge in [0.1, 0.15) is 0 Å². The molecule has 0 atom stereocenters. The van der Waals surface area contributed by atoms with Crippen LogP contribution >= 0.6 is 0 Å². The maximum absolute atomic E-state index is 13.1.